The van der Waals surface area contributed by atoms with E-state index in [9.17, 15) is 27.6 Å². The van der Waals surface area contributed by atoms with Crippen molar-refractivity contribution in [2.24, 2.45) is 5.73 Å². The van der Waals surface area contributed by atoms with E-state index >= 15 is 0 Å². The number of carbonyl (C=O) groups is 3. The highest BCUT2D eigenvalue weighted by Crippen LogP contribution is 2.37. The first kappa shape index (κ1) is 21.4. The fourth-order valence-electron chi connectivity index (χ4n) is 2.52. The topological polar surface area (TPSA) is 126 Å². The summed E-state index contributed by atoms with van der Waals surface area (Å²) in [6, 6.07) is 1.18. The summed E-state index contributed by atoms with van der Waals surface area (Å²) in [5.74, 6) is -1.37. The predicted molar refractivity (Wildman–Crippen MR) is 93.7 cm³/mol. The average Bonchev–Trinajstić information content (AvgIpc) is 2.65. The quantitative estimate of drug-likeness (QED) is 0.561. The summed E-state index contributed by atoms with van der Waals surface area (Å²) in [4.78, 5) is 36.6. The Morgan fingerprint density at radius 1 is 1.36 bits per heavy atom. The van der Waals surface area contributed by atoms with Gasteiger partial charge in [0.15, 0.2) is 0 Å². The molecule has 9 nitrogen and oxygen atoms in total. The Morgan fingerprint density at radius 2 is 2.07 bits per heavy atom. The average molecular weight is 403 g/mol. The van der Waals surface area contributed by atoms with Crippen molar-refractivity contribution >= 4 is 29.2 Å². The number of alkyl halides is 3. The number of carbonyl (C=O) groups excluding carboxylic acids is 3. The third-order valence-electron chi connectivity index (χ3n) is 3.95. The van der Waals surface area contributed by atoms with Crippen LogP contribution in [0.4, 0.5) is 29.3 Å². The fourth-order valence-corrected chi connectivity index (χ4v) is 2.52. The molecule has 0 saturated carbocycles. The van der Waals surface area contributed by atoms with Crippen molar-refractivity contribution in [3.05, 3.63) is 23.8 Å². The highest BCUT2D eigenvalue weighted by atomic mass is 19.4. The Kier molecular flexibility index (Phi) is 6.80. The molecule has 154 valence electrons. The number of benzene rings is 1. The molecule has 28 heavy (non-hydrogen) atoms. The van der Waals surface area contributed by atoms with E-state index in [0.717, 1.165) is 12.1 Å². The SMILES string of the molecule is CNC(=O)N[C@@H](CN)C(=O)Nc1ccc(N2CCOCC2=O)cc1C(F)(F)F. The summed E-state index contributed by atoms with van der Waals surface area (Å²) in [5.41, 5.74) is 3.80. The molecule has 5 N–H and O–H groups in total. The highest BCUT2D eigenvalue weighted by molar-refractivity contribution is 5.99. The Bertz CT molecular complexity index is 756. The van der Waals surface area contributed by atoms with Gasteiger partial charge in [-0.15, -0.1) is 0 Å². The van der Waals surface area contributed by atoms with E-state index in [1.54, 1.807) is 0 Å². The second-order valence-corrected chi connectivity index (χ2v) is 5.83. The second-order valence-electron chi connectivity index (χ2n) is 5.83. The molecule has 0 bridgehead atoms. The Hall–Kier alpha value is -2.86. The number of morpholine rings is 1. The van der Waals surface area contributed by atoms with Crippen molar-refractivity contribution in [3.8, 4) is 0 Å². The van der Waals surface area contributed by atoms with Gasteiger partial charge in [0.1, 0.15) is 12.6 Å². The molecule has 1 aromatic rings. The van der Waals surface area contributed by atoms with Gasteiger partial charge in [-0.25, -0.2) is 4.79 Å². The number of nitrogens with zero attached hydrogens (tertiary/aromatic N) is 1. The summed E-state index contributed by atoms with van der Waals surface area (Å²) in [6.07, 6.45) is -4.79. The van der Waals surface area contributed by atoms with Crippen molar-refractivity contribution in [2.75, 3.05) is 43.6 Å². The van der Waals surface area contributed by atoms with E-state index in [1.807, 2.05) is 0 Å². The number of hydrogen-bond acceptors (Lipinski definition) is 5. The van der Waals surface area contributed by atoms with Crippen LogP contribution in [0.5, 0.6) is 0 Å². The van der Waals surface area contributed by atoms with Crippen LogP contribution in [0.15, 0.2) is 18.2 Å². The van der Waals surface area contributed by atoms with Gasteiger partial charge in [-0.2, -0.15) is 13.2 Å². The van der Waals surface area contributed by atoms with E-state index in [2.05, 4.69) is 16.0 Å². The number of hydrogen-bond donors (Lipinski definition) is 4. The van der Waals surface area contributed by atoms with E-state index in [4.69, 9.17) is 10.5 Å². The molecule has 1 fully saturated rings. The molecule has 12 heteroatoms. The first-order valence-corrected chi connectivity index (χ1v) is 8.26. The molecule has 1 aromatic carbocycles. The normalized spacial score (nSPS) is 15.8. The molecule has 0 unspecified atom stereocenters. The third-order valence-corrected chi connectivity index (χ3v) is 3.95. The van der Waals surface area contributed by atoms with Crippen molar-refractivity contribution in [2.45, 2.75) is 12.2 Å². The van der Waals surface area contributed by atoms with Gasteiger partial charge in [-0.1, -0.05) is 0 Å². The largest absolute Gasteiger partial charge is 0.418 e. The number of halogens is 3. The monoisotopic (exact) mass is 403 g/mol. The molecule has 1 heterocycles. The summed E-state index contributed by atoms with van der Waals surface area (Å²) in [5, 5.41) is 6.58. The third kappa shape index (κ3) is 5.10. The minimum Gasteiger partial charge on any atom is -0.370 e. The fraction of sp³-hybridized carbons (Fsp3) is 0.438. The lowest BCUT2D eigenvalue weighted by Gasteiger charge is -2.28. The minimum atomic E-state index is -4.79. The number of anilines is 2. The van der Waals surface area contributed by atoms with Gasteiger partial charge in [0.05, 0.1) is 17.9 Å². The van der Waals surface area contributed by atoms with Crippen LogP contribution >= 0.6 is 0 Å². The van der Waals surface area contributed by atoms with Crippen molar-refractivity contribution in [3.63, 3.8) is 0 Å². The summed E-state index contributed by atoms with van der Waals surface area (Å²) in [6.45, 7) is -0.216. The van der Waals surface area contributed by atoms with Crippen LogP contribution in [0.2, 0.25) is 0 Å². The lowest BCUT2D eigenvalue weighted by molar-refractivity contribution is -0.137. The standard InChI is InChI=1S/C16H20F3N5O4/c1-21-15(27)23-12(7-20)14(26)22-11-3-2-9(6-10(11)16(17,18)19)24-4-5-28-8-13(24)25/h2-3,6,12H,4-5,7-8,20H2,1H3,(H,22,26)(H2,21,23,27)/t12-/m0/s1. The molecule has 1 aliphatic heterocycles. The van der Waals surface area contributed by atoms with Crippen molar-refractivity contribution in [1.82, 2.24) is 10.6 Å². The molecular weight excluding hydrogens is 383 g/mol. The Labute approximate surface area is 158 Å². The van der Waals surface area contributed by atoms with E-state index in [1.165, 1.54) is 18.0 Å². The maximum atomic E-state index is 13.5. The molecule has 4 amide bonds. The maximum absolute atomic E-state index is 13.5. The van der Waals surface area contributed by atoms with Gasteiger partial charge in [0.25, 0.3) is 5.91 Å². The maximum Gasteiger partial charge on any atom is 0.418 e. The van der Waals surface area contributed by atoms with Gasteiger partial charge in [0.2, 0.25) is 5.91 Å². The molecule has 0 spiro atoms. The summed E-state index contributed by atoms with van der Waals surface area (Å²) in [7, 11) is 1.31. The highest BCUT2D eigenvalue weighted by Gasteiger charge is 2.36. The molecule has 0 aromatic heterocycles. The lowest BCUT2D eigenvalue weighted by atomic mass is 10.1. The zero-order valence-electron chi connectivity index (χ0n) is 14.9. The Balaban J connectivity index is 2.29. The first-order chi connectivity index (χ1) is 13.2. The van der Waals surface area contributed by atoms with Crippen LogP contribution < -0.4 is 26.6 Å². The molecule has 2 rings (SSSR count). The van der Waals surface area contributed by atoms with Gasteiger partial charge in [-0.05, 0) is 18.2 Å². The minimum absolute atomic E-state index is 0.0393. The first-order valence-electron chi connectivity index (χ1n) is 8.26. The molecule has 0 radical (unpaired) electrons. The smallest absolute Gasteiger partial charge is 0.370 e. The van der Waals surface area contributed by atoms with Crippen LogP contribution in [0.3, 0.4) is 0 Å². The zero-order chi connectivity index (χ0) is 20.9. The lowest BCUT2D eigenvalue weighted by Crippen LogP contribution is -2.51. The number of urea groups is 1. The number of amides is 4. The van der Waals surface area contributed by atoms with Crippen molar-refractivity contribution in [1.29, 1.82) is 0 Å². The van der Waals surface area contributed by atoms with Crippen LogP contribution in [-0.4, -0.2) is 57.2 Å². The molecule has 1 aliphatic rings. The van der Waals surface area contributed by atoms with Crippen LogP contribution in [-0.2, 0) is 20.5 Å². The van der Waals surface area contributed by atoms with Gasteiger partial charge >= 0.3 is 12.2 Å². The molecule has 0 aliphatic carbocycles. The molecule has 1 atom stereocenters. The number of ether oxygens (including phenoxy) is 1. The Morgan fingerprint density at radius 3 is 2.64 bits per heavy atom. The predicted octanol–water partition coefficient (Wildman–Crippen LogP) is 0.263. The summed E-state index contributed by atoms with van der Waals surface area (Å²) < 4.78 is 45.5. The zero-order valence-corrected chi connectivity index (χ0v) is 14.9. The summed E-state index contributed by atoms with van der Waals surface area (Å²) >= 11 is 0. The number of nitrogens with one attached hydrogen (secondary N) is 3. The van der Waals surface area contributed by atoms with E-state index in [0.29, 0.717) is 0 Å². The van der Waals surface area contributed by atoms with Crippen LogP contribution in [0.25, 0.3) is 0 Å². The van der Waals surface area contributed by atoms with Gasteiger partial charge in [-0.3, -0.25) is 9.59 Å². The van der Waals surface area contributed by atoms with Crippen LogP contribution in [0, 0.1) is 0 Å². The molecule has 1 saturated heterocycles. The van der Waals surface area contributed by atoms with E-state index in [-0.39, 0.29) is 32.0 Å². The van der Waals surface area contributed by atoms with Gasteiger partial charge < -0.3 is 31.3 Å². The second kappa shape index (κ2) is 8.89. The van der Waals surface area contributed by atoms with Gasteiger partial charge in [0, 0.05) is 25.8 Å². The van der Waals surface area contributed by atoms with Crippen LogP contribution in [0.1, 0.15) is 5.56 Å². The molecular formula is C16H20F3N5O4. The van der Waals surface area contributed by atoms with Crippen molar-refractivity contribution < 1.29 is 32.3 Å². The number of nitrogens with two attached hydrogens (primary N) is 1. The number of rotatable bonds is 5. The van der Waals surface area contributed by atoms with E-state index < -0.39 is 41.3 Å².